The van der Waals surface area contributed by atoms with Gasteiger partial charge in [0.2, 0.25) is 0 Å². The fourth-order valence-corrected chi connectivity index (χ4v) is 3.03. The molecule has 4 heteroatoms. The van der Waals surface area contributed by atoms with Gasteiger partial charge in [0.15, 0.2) is 0 Å². The van der Waals surface area contributed by atoms with Crippen LogP contribution in [-0.4, -0.2) is 6.61 Å². The van der Waals surface area contributed by atoms with Crippen molar-refractivity contribution in [3.8, 4) is 22.3 Å². The molecule has 3 rings (SSSR count). The predicted molar refractivity (Wildman–Crippen MR) is 71.6 cm³/mol. The van der Waals surface area contributed by atoms with Crippen molar-refractivity contribution in [3.63, 3.8) is 0 Å². The molecule has 0 saturated heterocycles. The second kappa shape index (κ2) is 4.45. The van der Waals surface area contributed by atoms with Gasteiger partial charge in [-0.1, -0.05) is 0 Å². The molecule has 0 radical (unpaired) electrons. The summed E-state index contributed by atoms with van der Waals surface area (Å²) in [7, 11) is 0. The van der Waals surface area contributed by atoms with Crippen LogP contribution in [0.5, 0.6) is 5.75 Å². The van der Waals surface area contributed by atoms with Gasteiger partial charge >= 0.3 is 0 Å². The van der Waals surface area contributed by atoms with Crippen LogP contribution in [0.1, 0.15) is 16.0 Å². The normalized spacial score (nSPS) is 12.9. The maximum absolute atomic E-state index is 8.87. The Morgan fingerprint density at radius 3 is 3.00 bits per heavy atom. The lowest BCUT2D eigenvalue weighted by Gasteiger charge is -2.08. The molecule has 18 heavy (non-hydrogen) atoms. The van der Waals surface area contributed by atoms with Crippen molar-refractivity contribution in [3.05, 3.63) is 40.3 Å². The SMILES string of the molecule is N#Cc1ccc(-c2cc(CN)c3c(c2)CCO3)s1. The van der Waals surface area contributed by atoms with E-state index in [1.54, 1.807) is 0 Å². The Bertz CT molecular complexity index is 640. The minimum atomic E-state index is 0.479. The Labute approximate surface area is 109 Å². The Morgan fingerprint density at radius 2 is 2.28 bits per heavy atom. The molecule has 1 aliphatic heterocycles. The Hall–Kier alpha value is -1.83. The number of hydrogen-bond acceptors (Lipinski definition) is 4. The lowest BCUT2D eigenvalue weighted by Crippen LogP contribution is -1.99. The van der Waals surface area contributed by atoms with E-state index in [1.807, 2.05) is 12.1 Å². The second-order valence-corrected chi connectivity index (χ2v) is 5.29. The highest BCUT2D eigenvalue weighted by atomic mass is 32.1. The fourth-order valence-electron chi connectivity index (χ4n) is 2.24. The maximum atomic E-state index is 8.87. The molecule has 0 fully saturated rings. The summed E-state index contributed by atoms with van der Waals surface area (Å²) in [4.78, 5) is 1.84. The third-order valence-electron chi connectivity index (χ3n) is 3.08. The maximum Gasteiger partial charge on any atom is 0.127 e. The summed E-state index contributed by atoms with van der Waals surface area (Å²) in [5, 5.41) is 8.87. The average molecular weight is 256 g/mol. The molecule has 90 valence electrons. The smallest absolute Gasteiger partial charge is 0.127 e. The van der Waals surface area contributed by atoms with Crippen molar-refractivity contribution in [1.29, 1.82) is 5.26 Å². The number of hydrogen-bond donors (Lipinski definition) is 1. The van der Waals surface area contributed by atoms with Gasteiger partial charge in [-0.15, -0.1) is 11.3 Å². The van der Waals surface area contributed by atoms with Crippen LogP contribution in [0, 0.1) is 11.3 Å². The molecule has 3 nitrogen and oxygen atoms in total. The van der Waals surface area contributed by atoms with Gasteiger partial charge in [-0.05, 0) is 35.4 Å². The molecule has 0 atom stereocenters. The van der Waals surface area contributed by atoms with Gasteiger partial charge in [0, 0.05) is 23.4 Å². The van der Waals surface area contributed by atoms with E-state index in [2.05, 4.69) is 18.2 Å². The molecule has 1 aliphatic rings. The first-order chi connectivity index (χ1) is 8.81. The molecule has 0 aliphatic carbocycles. The number of fused-ring (bicyclic) bond motifs is 1. The lowest BCUT2D eigenvalue weighted by molar-refractivity contribution is 0.353. The fraction of sp³-hybridized carbons (Fsp3) is 0.214. The molecule has 2 N–H and O–H groups in total. The van der Waals surface area contributed by atoms with Crippen molar-refractivity contribution >= 4 is 11.3 Å². The van der Waals surface area contributed by atoms with Crippen LogP contribution < -0.4 is 10.5 Å². The summed E-state index contributed by atoms with van der Waals surface area (Å²) in [5.74, 6) is 0.957. The van der Waals surface area contributed by atoms with Gasteiger partial charge in [-0.3, -0.25) is 0 Å². The Morgan fingerprint density at radius 1 is 1.39 bits per heavy atom. The van der Waals surface area contributed by atoms with E-state index < -0.39 is 0 Å². The molecule has 0 amide bonds. The van der Waals surface area contributed by atoms with Crippen LogP contribution >= 0.6 is 11.3 Å². The molecule has 1 aromatic heterocycles. The molecule has 0 unspecified atom stereocenters. The number of benzene rings is 1. The van der Waals surface area contributed by atoms with E-state index in [9.17, 15) is 0 Å². The van der Waals surface area contributed by atoms with Crippen LogP contribution in [0.25, 0.3) is 10.4 Å². The van der Waals surface area contributed by atoms with E-state index in [4.69, 9.17) is 15.7 Å². The zero-order valence-electron chi connectivity index (χ0n) is 9.77. The summed E-state index contributed by atoms with van der Waals surface area (Å²) in [5.41, 5.74) is 9.17. The largest absolute Gasteiger partial charge is 0.493 e. The van der Waals surface area contributed by atoms with Gasteiger partial charge in [0.1, 0.15) is 16.7 Å². The first-order valence-electron chi connectivity index (χ1n) is 5.81. The van der Waals surface area contributed by atoms with Gasteiger partial charge in [0.05, 0.1) is 6.61 Å². The highest BCUT2D eigenvalue weighted by Crippen LogP contribution is 2.36. The first-order valence-corrected chi connectivity index (χ1v) is 6.62. The van der Waals surface area contributed by atoms with E-state index in [0.29, 0.717) is 6.54 Å². The molecule has 0 saturated carbocycles. The summed E-state index contributed by atoms with van der Waals surface area (Å²) >= 11 is 1.51. The van der Waals surface area contributed by atoms with Crippen LogP contribution in [0.3, 0.4) is 0 Å². The minimum Gasteiger partial charge on any atom is -0.493 e. The highest BCUT2D eigenvalue weighted by Gasteiger charge is 2.18. The standard InChI is InChI=1S/C14H12N2OS/c15-7-11-6-10(5-9-3-4-17-14(9)11)13-2-1-12(8-16)18-13/h1-2,5-6H,3-4,7,15H2. The topological polar surface area (TPSA) is 59.0 Å². The first kappa shape index (κ1) is 11.3. The highest BCUT2D eigenvalue weighted by molar-refractivity contribution is 7.16. The number of ether oxygens (including phenoxy) is 1. The van der Waals surface area contributed by atoms with Crippen molar-refractivity contribution < 1.29 is 4.74 Å². The molecule has 0 spiro atoms. The van der Waals surface area contributed by atoms with Crippen LogP contribution in [0.15, 0.2) is 24.3 Å². The summed E-state index contributed by atoms with van der Waals surface area (Å²) in [6, 6.07) is 10.2. The van der Waals surface area contributed by atoms with Crippen molar-refractivity contribution in [1.82, 2.24) is 0 Å². The summed E-state index contributed by atoms with van der Waals surface area (Å²) in [6.07, 6.45) is 0.937. The monoisotopic (exact) mass is 256 g/mol. The number of nitrogens with zero attached hydrogens (tertiary/aromatic N) is 1. The van der Waals surface area contributed by atoms with E-state index in [-0.39, 0.29) is 0 Å². The number of nitriles is 1. The van der Waals surface area contributed by atoms with Crippen LogP contribution in [0.2, 0.25) is 0 Å². The summed E-state index contributed by atoms with van der Waals surface area (Å²) < 4.78 is 5.61. The van der Waals surface area contributed by atoms with E-state index >= 15 is 0 Å². The van der Waals surface area contributed by atoms with Gasteiger partial charge < -0.3 is 10.5 Å². The molecule has 1 aromatic carbocycles. The van der Waals surface area contributed by atoms with E-state index in [1.165, 1.54) is 16.9 Å². The molecule has 2 heterocycles. The van der Waals surface area contributed by atoms with Gasteiger partial charge in [-0.25, -0.2) is 0 Å². The molecule has 2 aromatic rings. The third-order valence-corrected chi connectivity index (χ3v) is 4.12. The number of rotatable bonds is 2. The van der Waals surface area contributed by atoms with Crippen LogP contribution in [-0.2, 0) is 13.0 Å². The lowest BCUT2D eigenvalue weighted by atomic mass is 10.0. The van der Waals surface area contributed by atoms with Crippen LogP contribution in [0.4, 0.5) is 0 Å². The number of nitrogens with two attached hydrogens (primary N) is 1. The molecule has 0 bridgehead atoms. The van der Waals surface area contributed by atoms with E-state index in [0.717, 1.165) is 39.7 Å². The Balaban J connectivity index is 2.10. The second-order valence-electron chi connectivity index (χ2n) is 4.20. The third kappa shape index (κ3) is 1.78. The van der Waals surface area contributed by atoms with Crippen molar-refractivity contribution in [2.75, 3.05) is 6.61 Å². The Kier molecular flexibility index (Phi) is 2.78. The minimum absolute atomic E-state index is 0.479. The average Bonchev–Trinajstić information content (AvgIpc) is 3.05. The van der Waals surface area contributed by atoms with Crippen molar-refractivity contribution in [2.45, 2.75) is 13.0 Å². The summed E-state index contributed by atoms with van der Waals surface area (Å²) in [6.45, 7) is 1.21. The molecular formula is C14H12N2OS. The predicted octanol–water partition coefficient (Wildman–Crippen LogP) is 2.68. The zero-order valence-corrected chi connectivity index (χ0v) is 10.6. The van der Waals surface area contributed by atoms with Gasteiger partial charge in [0.25, 0.3) is 0 Å². The number of thiophene rings is 1. The molecular weight excluding hydrogens is 244 g/mol. The van der Waals surface area contributed by atoms with Crippen molar-refractivity contribution in [2.24, 2.45) is 5.73 Å². The quantitative estimate of drug-likeness (QED) is 0.898. The zero-order chi connectivity index (χ0) is 12.5. The van der Waals surface area contributed by atoms with Gasteiger partial charge in [-0.2, -0.15) is 5.26 Å².